The third kappa shape index (κ3) is 4.25. The van der Waals surface area contributed by atoms with Crippen LogP contribution in [0.2, 0.25) is 0 Å². The summed E-state index contributed by atoms with van der Waals surface area (Å²) in [5.41, 5.74) is 0. The zero-order chi connectivity index (χ0) is 12.9. The average molecular weight is 265 g/mol. The number of methoxy groups -OCH3 is 1. The fraction of sp³-hybridized carbons (Fsp3) is 0.900. The summed E-state index contributed by atoms with van der Waals surface area (Å²) in [4.78, 5) is 10.9. The predicted octanol–water partition coefficient (Wildman–Crippen LogP) is -0.00990. The number of sulfonamides is 1. The van der Waals surface area contributed by atoms with Crippen LogP contribution in [-0.2, 0) is 24.3 Å². The molecule has 1 fully saturated rings. The van der Waals surface area contributed by atoms with Gasteiger partial charge in [-0.1, -0.05) is 0 Å². The largest absolute Gasteiger partial charge is 0.469 e. The Hall–Kier alpha value is -0.660. The number of carbonyl (C=O) groups excluding carboxylic acids is 1. The Morgan fingerprint density at radius 1 is 1.53 bits per heavy atom. The SMILES string of the molecule is COC(=O)CCCS(=O)(=O)N1CCOC[C@H]1C. The lowest BCUT2D eigenvalue weighted by molar-refractivity contribution is -0.140. The van der Waals surface area contributed by atoms with Crippen molar-refractivity contribution >= 4 is 16.0 Å². The van der Waals surface area contributed by atoms with Crippen LogP contribution in [0, 0.1) is 0 Å². The van der Waals surface area contributed by atoms with Crippen LogP contribution >= 0.6 is 0 Å². The highest BCUT2D eigenvalue weighted by Crippen LogP contribution is 2.13. The lowest BCUT2D eigenvalue weighted by Crippen LogP contribution is -2.47. The van der Waals surface area contributed by atoms with E-state index >= 15 is 0 Å². The molecule has 100 valence electrons. The molecule has 1 saturated heterocycles. The van der Waals surface area contributed by atoms with E-state index in [1.807, 2.05) is 6.92 Å². The summed E-state index contributed by atoms with van der Waals surface area (Å²) in [6.45, 7) is 3.07. The molecule has 0 bridgehead atoms. The molecule has 1 heterocycles. The van der Waals surface area contributed by atoms with E-state index in [1.165, 1.54) is 11.4 Å². The molecule has 17 heavy (non-hydrogen) atoms. The minimum Gasteiger partial charge on any atom is -0.469 e. The van der Waals surface area contributed by atoms with Crippen molar-refractivity contribution in [2.45, 2.75) is 25.8 Å². The Balaban J connectivity index is 2.47. The van der Waals surface area contributed by atoms with Crippen molar-refractivity contribution in [1.82, 2.24) is 4.31 Å². The number of ether oxygens (including phenoxy) is 2. The van der Waals surface area contributed by atoms with Crippen molar-refractivity contribution in [1.29, 1.82) is 0 Å². The minimum absolute atomic E-state index is 0.0214. The first-order valence-corrected chi connectivity index (χ1v) is 7.22. The first-order chi connectivity index (χ1) is 7.97. The van der Waals surface area contributed by atoms with E-state index in [9.17, 15) is 13.2 Å². The predicted molar refractivity (Wildman–Crippen MR) is 62.0 cm³/mol. The van der Waals surface area contributed by atoms with Gasteiger partial charge in [-0.15, -0.1) is 0 Å². The standard InChI is InChI=1S/C10H19NO5S/c1-9-8-16-6-5-11(9)17(13,14)7-3-4-10(12)15-2/h9H,3-8H2,1-2H3/t9-/m1/s1. The van der Waals surface area contributed by atoms with E-state index < -0.39 is 10.0 Å². The summed E-state index contributed by atoms with van der Waals surface area (Å²) in [6, 6.07) is -0.133. The van der Waals surface area contributed by atoms with Crippen LogP contribution < -0.4 is 0 Å². The molecule has 0 radical (unpaired) electrons. The smallest absolute Gasteiger partial charge is 0.305 e. The maximum absolute atomic E-state index is 12.0. The fourth-order valence-corrected chi connectivity index (χ4v) is 3.45. The summed E-state index contributed by atoms with van der Waals surface area (Å²) in [5, 5.41) is 0. The molecule has 0 aromatic heterocycles. The quantitative estimate of drug-likeness (QED) is 0.654. The van der Waals surface area contributed by atoms with Crippen LogP contribution in [0.1, 0.15) is 19.8 Å². The first kappa shape index (κ1) is 14.4. The number of esters is 1. The maximum atomic E-state index is 12.0. The van der Waals surface area contributed by atoms with E-state index in [0.717, 1.165) is 0 Å². The molecule has 1 atom stereocenters. The Kier molecular flexibility index (Phi) is 5.35. The van der Waals surface area contributed by atoms with Gasteiger partial charge in [0.05, 0.1) is 26.1 Å². The third-order valence-corrected chi connectivity index (χ3v) is 4.74. The zero-order valence-corrected chi connectivity index (χ0v) is 11.0. The van der Waals surface area contributed by atoms with E-state index in [-0.39, 0.29) is 24.2 Å². The van der Waals surface area contributed by atoms with E-state index in [4.69, 9.17) is 4.74 Å². The third-order valence-electron chi connectivity index (χ3n) is 2.67. The minimum atomic E-state index is -3.29. The molecule has 0 spiro atoms. The summed E-state index contributed by atoms with van der Waals surface area (Å²) < 4.78 is 35.1. The van der Waals surface area contributed by atoms with Gasteiger partial charge in [0.2, 0.25) is 10.0 Å². The van der Waals surface area contributed by atoms with E-state index in [2.05, 4.69) is 4.74 Å². The van der Waals surface area contributed by atoms with Crippen molar-refractivity contribution in [2.24, 2.45) is 0 Å². The highest BCUT2D eigenvalue weighted by Gasteiger charge is 2.29. The van der Waals surface area contributed by atoms with Crippen LogP contribution in [-0.4, -0.2) is 57.4 Å². The van der Waals surface area contributed by atoms with Gasteiger partial charge in [0, 0.05) is 19.0 Å². The Morgan fingerprint density at radius 3 is 2.82 bits per heavy atom. The summed E-state index contributed by atoms with van der Waals surface area (Å²) in [6.07, 6.45) is 0.424. The van der Waals surface area contributed by atoms with Crippen LogP contribution in [0.5, 0.6) is 0 Å². The topological polar surface area (TPSA) is 72.9 Å². The van der Waals surface area contributed by atoms with Crippen LogP contribution in [0.3, 0.4) is 0 Å². The van der Waals surface area contributed by atoms with Gasteiger partial charge in [0.1, 0.15) is 0 Å². The summed E-state index contributed by atoms with van der Waals surface area (Å²) in [7, 11) is -2.00. The van der Waals surface area contributed by atoms with Crippen molar-refractivity contribution in [3.05, 3.63) is 0 Å². The average Bonchev–Trinajstić information content (AvgIpc) is 2.28. The molecule has 0 N–H and O–H groups in total. The van der Waals surface area contributed by atoms with Gasteiger partial charge in [-0.25, -0.2) is 8.42 Å². The monoisotopic (exact) mass is 265 g/mol. The van der Waals surface area contributed by atoms with Gasteiger partial charge in [0.15, 0.2) is 0 Å². The summed E-state index contributed by atoms with van der Waals surface area (Å²) >= 11 is 0. The van der Waals surface area contributed by atoms with E-state index in [0.29, 0.717) is 26.2 Å². The molecule has 0 aliphatic carbocycles. The normalized spacial score (nSPS) is 22.4. The zero-order valence-electron chi connectivity index (χ0n) is 10.2. The number of rotatable bonds is 5. The molecule has 0 aromatic carbocycles. The Morgan fingerprint density at radius 2 is 2.24 bits per heavy atom. The van der Waals surface area contributed by atoms with Gasteiger partial charge in [0.25, 0.3) is 0 Å². The second-order valence-corrected chi connectivity index (χ2v) is 6.07. The van der Waals surface area contributed by atoms with Crippen LogP contribution in [0.15, 0.2) is 0 Å². The van der Waals surface area contributed by atoms with Gasteiger partial charge in [-0.05, 0) is 13.3 Å². The molecule has 6 nitrogen and oxygen atoms in total. The number of hydrogen-bond donors (Lipinski definition) is 0. The molecular weight excluding hydrogens is 246 g/mol. The van der Waals surface area contributed by atoms with Crippen molar-refractivity contribution in [2.75, 3.05) is 32.6 Å². The van der Waals surface area contributed by atoms with Crippen molar-refractivity contribution in [3.8, 4) is 0 Å². The molecular formula is C10H19NO5S. The Bertz CT molecular complexity index is 354. The Labute approximate surface area is 102 Å². The van der Waals surface area contributed by atoms with E-state index in [1.54, 1.807) is 0 Å². The van der Waals surface area contributed by atoms with Gasteiger partial charge < -0.3 is 9.47 Å². The molecule has 0 unspecified atom stereocenters. The second-order valence-electron chi connectivity index (χ2n) is 4.03. The van der Waals surface area contributed by atoms with Gasteiger partial charge in [-0.3, -0.25) is 4.79 Å². The summed E-state index contributed by atoms with van der Waals surface area (Å²) in [5.74, 6) is -0.401. The highest BCUT2D eigenvalue weighted by atomic mass is 32.2. The number of morpholine rings is 1. The molecule has 0 amide bonds. The van der Waals surface area contributed by atoms with Crippen LogP contribution in [0.4, 0.5) is 0 Å². The van der Waals surface area contributed by atoms with Gasteiger partial charge >= 0.3 is 5.97 Å². The first-order valence-electron chi connectivity index (χ1n) is 5.61. The molecule has 1 rings (SSSR count). The highest BCUT2D eigenvalue weighted by molar-refractivity contribution is 7.89. The second kappa shape index (κ2) is 6.32. The number of hydrogen-bond acceptors (Lipinski definition) is 5. The number of nitrogens with zero attached hydrogens (tertiary/aromatic N) is 1. The molecule has 7 heteroatoms. The molecule has 0 saturated carbocycles. The molecule has 1 aliphatic rings. The van der Waals surface area contributed by atoms with Crippen molar-refractivity contribution < 1.29 is 22.7 Å². The lowest BCUT2D eigenvalue weighted by Gasteiger charge is -2.32. The lowest BCUT2D eigenvalue weighted by atomic mass is 10.3. The maximum Gasteiger partial charge on any atom is 0.305 e. The van der Waals surface area contributed by atoms with Crippen LogP contribution in [0.25, 0.3) is 0 Å². The van der Waals surface area contributed by atoms with Gasteiger partial charge in [-0.2, -0.15) is 4.31 Å². The van der Waals surface area contributed by atoms with Crippen molar-refractivity contribution in [3.63, 3.8) is 0 Å². The molecule has 1 aliphatic heterocycles. The number of carbonyl (C=O) groups is 1. The fourth-order valence-electron chi connectivity index (χ4n) is 1.74. The molecule has 0 aromatic rings.